The first-order chi connectivity index (χ1) is 9.63. The molecule has 3 rings (SSSR count). The lowest BCUT2D eigenvalue weighted by molar-refractivity contribution is 1.04. The summed E-state index contributed by atoms with van der Waals surface area (Å²) < 4.78 is 0. The quantitative estimate of drug-likeness (QED) is 0.724. The molecular formula is C13H13ClN6. The maximum Gasteiger partial charge on any atom is 0.226 e. The van der Waals surface area contributed by atoms with Crippen LogP contribution in [0.25, 0.3) is 11.2 Å². The van der Waals surface area contributed by atoms with Crippen molar-refractivity contribution in [2.45, 2.75) is 20.4 Å². The topological polar surface area (TPSA) is 79.4 Å². The van der Waals surface area contributed by atoms with Crippen molar-refractivity contribution in [2.75, 3.05) is 5.32 Å². The van der Waals surface area contributed by atoms with E-state index in [1.807, 2.05) is 13.1 Å². The summed E-state index contributed by atoms with van der Waals surface area (Å²) in [6.07, 6.45) is 3.43. The molecule has 6 nitrogen and oxygen atoms in total. The van der Waals surface area contributed by atoms with Gasteiger partial charge in [-0.1, -0.05) is 0 Å². The maximum absolute atomic E-state index is 5.89. The Labute approximate surface area is 120 Å². The third kappa shape index (κ3) is 2.42. The zero-order chi connectivity index (χ0) is 14.1. The van der Waals surface area contributed by atoms with E-state index >= 15 is 0 Å². The predicted octanol–water partition coefficient (Wildman–Crippen LogP) is 2.63. The first-order valence-electron chi connectivity index (χ1n) is 6.16. The second-order valence-corrected chi connectivity index (χ2v) is 4.89. The Hall–Kier alpha value is -2.21. The van der Waals surface area contributed by atoms with E-state index in [1.54, 1.807) is 6.33 Å². The minimum absolute atomic E-state index is 0.172. The summed E-state index contributed by atoms with van der Waals surface area (Å²) in [6.45, 7) is 4.65. The molecule has 3 aromatic rings. The highest BCUT2D eigenvalue weighted by Gasteiger charge is 2.09. The monoisotopic (exact) mass is 288 g/mol. The number of nitrogens with zero attached hydrogens (tertiary/aromatic N) is 4. The second-order valence-electron chi connectivity index (χ2n) is 4.55. The second kappa shape index (κ2) is 5.05. The third-order valence-electron chi connectivity index (χ3n) is 3.06. The molecule has 0 radical (unpaired) electrons. The van der Waals surface area contributed by atoms with Gasteiger partial charge in [-0.3, -0.25) is 4.98 Å². The molecule has 2 N–H and O–H groups in total. The van der Waals surface area contributed by atoms with Crippen LogP contribution in [0.4, 0.5) is 5.82 Å². The molecule has 0 saturated heterocycles. The number of halogens is 1. The number of H-pyrrole nitrogens is 1. The average molecular weight is 289 g/mol. The fraction of sp³-hybridized carbons (Fsp3) is 0.231. The molecule has 0 fully saturated rings. The van der Waals surface area contributed by atoms with Crippen LogP contribution >= 0.6 is 11.6 Å². The summed E-state index contributed by atoms with van der Waals surface area (Å²) in [5.41, 5.74) is 4.59. The molecule has 0 atom stereocenters. The number of aromatic amines is 1. The number of aromatic nitrogens is 5. The average Bonchev–Trinajstić information content (AvgIpc) is 2.85. The molecule has 0 bridgehead atoms. The lowest BCUT2D eigenvalue weighted by Gasteiger charge is -2.09. The van der Waals surface area contributed by atoms with E-state index in [1.165, 1.54) is 5.56 Å². The zero-order valence-corrected chi connectivity index (χ0v) is 11.9. The van der Waals surface area contributed by atoms with Gasteiger partial charge in [0.1, 0.15) is 5.52 Å². The van der Waals surface area contributed by atoms with E-state index in [9.17, 15) is 0 Å². The third-order valence-corrected chi connectivity index (χ3v) is 3.23. The maximum atomic E-state index is 5.89. The van der Waals surface area contributed by atoms with E-state index in [2.05, 4.69) is 43.2 Å². The van der Waals surface area contributed by atoms with Gasteiger partial charge in [0.2, 0.25) is 5.28 Å². The molecular weight excluding hydrogens is 276 g/mol. The summed E-state index contributed by atoms with van der Waals surface area (Å²) >= 11 is 5.89. The van der Waals surface area contributed by atoms with Crippen LogP contribution in [-0.2, 0) is 6.54 Å². The van der Waals surface area contributed by atoms with Crippen molar-refractivity contribution in [1.29, 1.82) is 0 Å². The Balaban J connectivity index is 1.88. The summed E-state index contributed by atoms with van der Waals surface area (Å²) in [5.74, 6) is 0.637. The standard InChI is InChI=1S/C13H13ClN6/c1-7-3-8(2)15-4-9(7)5-16-11-10-12(18-6-17-10)20-13(14)19-11/h3-4,6H,5H2,1-2H3,(H2,16,17,18,19,20). The highest BCUT2D eigenvalue weighted by molar-refractivity contribution is 6.28. The van der Waals surface area contributed by atoms with Gasteiger partial charge >= 0.3 is 0 Å². The molecule has 3 heterocycles. The summed E-state index contributed by atoms with van der Waals surface area (Å²) in [7, 11) is 0. The lowest BCUT2D eigenvalue weighted by atomic mass is 10.1. The number of imidazole rings is 1. The molecule has 102 valence electrons. The number of hydrogen-bond acceptors (Lipinski definition) is 5. The summed E-state index contributed by atoms with van der Waals surface area (Å²) in [5, 5.41) is 3.42. The lowest BCUT2D eigenvalue weighted by Crippen LogP contribution is -2.05. The number of aryl methyl sites for hydroxylation is 2. The van der Waals surface area contributed by atoms with Gasteiger partial charge in [0.15, 0.2) is 11.5 Å². The van der Waals surface area contributed by atoms with Crippen LogP contribution < -0.4 is 5.32 Å². The van der Waals surface area contributed by atoms with Gasteiger partial charge in [-0.15, -0.1) is 0 Å². The number of nitrogens with one attached hydrogen (secondary N) is 2. The van der Waals surface area contributed by atoms with E-state index in [-0.39, 0.29) is 5.28 Å². The van der Waals surface area contributed by atoms with Gasteiger partial charge in [0.25, 0.3) is 0 Å². The van der Waals surface area contributed by atoms with Crippen LogP contribution in [0.2, 0.25) is 5.28 Å². The molecule has 0 spiro atoms. The fourth-order valence-corrected chi connectivity index (χ4v) is 2.19. The van der Waals surface area contributed by atoms with Gasteiger partial charge in [-0.25, -0.2) is 4.98 Å². The van der Waals surface area contributed by atoms with Crippen molar-refractivity contribution in [1.82, 2.24) is 24.9 Å². The van der Waals surface area contributed by atoms with Crippen molar-refractivity contribution in [3.63, 3.8) is 0 Å². The van der Waals surface area contributed by atoms with Crippen LogP contribution in [0.5, 0.6) is 0 Å². The number of rotatable bonds is 3. The molecule has 0 aromatic carbocycles. The normalized spacial score (nSPS) is 10.9. The van der Waals surface area contributed by atoms with Crippen molar-refractivity contribution in [2.24, 2.45) is 0 Å². The SMILES string of the molecule is Cc1cc(C)c(CNc2nc(Cl)nc3nc[nH]c23)cn1. The number of anilines is 1. The van der Waals surface area contributed by atoms with Gasteiger partial charge in [0.05, 0.1) is 6.33 Å². The summed E-state index contributed by atoms with van der Waals surface area (Å²) in [4.78, 5) is 19.6. The van der Waals surface area contributed by atoms with Crippen LogP contribution in [-0.4, -0.2) is 24.9 Å². The highest BCUT2D eigenvalue weighted by Crippen LogP contribution is 2.19. The van der Waals surface area contributed by atoms with E-state index in [4.69, 9.17) is 11.6 Å². The highest BCUT2D eigenvalue weighted by atomic mass is 35.5. The smallest absolute Gasteiger partial charge is 0.226 e. The molecule has 0 aliphatic carbocycles. The Bertz CT molecular complexity index is 767. The Morgan fingerprint density at radius 3 is 2.90 bits per heavy atom. The van der Waals surface area contributed by atoms with Crippen LogP contribution in [0, 0.1) is 13.8 Å². The van der Waals surface area contributed by atoms with Crippen LogP contribution in [0.1, 0.15) is 16.8 Å². The largest absolute Gasteiger partial charge is 0.364 e. The van der Waals surface area contributed by atoms with Crippen molar-refractivity contribution < 1.29 is 0 Å². The Morgan fingerprint density at radius 1 is 1.25 bits per heavy atom. The molecule has 0 aliphatic heterocycles. The Kier molecular flexibility index (Phi) is 3.23. The van der Waals surface area contributed by atoms with Gasteiger partial charge < -0.3 is 10.3 Å². The number of hydrogen-bond donors (Lipinski definition) is 2. The van der Waals surface area contributed by atoms with Gasteiger partial charge in [-0.05, 0) is 42.6 Å². The van der Waals surface area contributed by atoms with Crippen LogP contribution in [0.15, 0.2) is 18.6 Å². The van der Waals surface area contributed by atoms with Crippen LogP contribution in [0.3, 0.4) is 0 Å². The first-order valence-corrected chi connectivity index (χ1v) is 6.54. The molecule has 3 aromatic heterocycles. The fourth-order valence-electron chi connectivity index (χ4n) is 2.02. The molecule has 7 heteroatoms. The minimum atomic E-state index is 0.172. The first kappa shape index (κ1) is 12.8. The zero-order valence-electron chi connectivity index (χ0n) is 11.1. The van der Waals surface area contributed by atoms with E-state index < -0.39 is 0 Å². The molecule has 0 aliphatic rings. The van der Waals surface area contributed by atoms with Gasteiger partial charge in [0, 0.05) is 18.4 Å². The van der Waals surface area contributed by atoms with Crippen molar-refractivity contribution in [3.05, 3.63) is 40.7 Å². The molecule has 0 amide bonds. The van der Waals surface area contributed by atoms with Gasteiger partial charge in [-0.2, -0.15) is 9.97 Å². The predicted molar refractivity (Wildman–Crippen MR) is 77.7 cm³/mol. The Morgan fingerprint density at radius 2 is 2.10 bits per heavy atom. The van der Waals surface area contributed by atoms with E-state index in [0.717, 1.165) is 16.8 Å². The van der Waals surface area contributed by atoms with Crippen molar-refractivity contribution in [3.8, 4) is 0 Å². The van der Waals surface area contributed by atoms with Crippen molar-refractivity contribution >= 4 is 28.6 Å². The summed E-state index contributed by atoms with van der Waals surface area (Å²) in [6, 6.07) is 2.05. The molecule has 20 heavy (non-hydrogen) atoms. The molecule has 0 saturated carbocycles. The number of pyridine rings is 1. The molecule has 0 unspecified atom stereocenters. The van der Waals surface area contributed by atoms with E-state index in [0.29, 0.717) is 18.0 Å². The number of fused-ring (bicyclic) bond motifs is 1. The minimum Gasteiger partial charge on any atom is -0.364 e.